The highest BCUT2D eigenvalue weighted by molar-refractivity contribution is 6.29. The second-order valence-electron chi connectivity index (χ2n) is 10.1. The molecule has 11 heteroatoms. The van der Waals surface area contributed by atoms with E-state index in [0.29, 0.717) is 22.2 Å². The summed E-state index contributed by atoms with van der Waals surface area (Å²) in [4.78, 5) is 40.4. The van der Waals surface area contributed by atoms with Crippen LogP contribution < -0.4 is 16.2 Å². The van der Waals surface area contributed by atoms with Crippen molar-refractivity contribution in [2.24, 2.45) is 0 Å². The molecule has 1 amide bonds. The third-order valence-corrected chi connectivity index (χ3v) is 6.75. The van der Waals surface area contributed by atoms with Gasteiger partial charge in [-0.05, 0) is 67.7 Å². The Morgan fingerprint density at radius 3 is 2.56 bits per heavy atom. The number of halogens is 2. The predicted molar refractivity (Wildman–Crippen MR) is 167 cm³/mol. The van der Waals surface area contributed by atoms with Crippen LogP contribution in [-0.4, -0.2) is 51.0 Å². The van der Waals surface area contributed by atoms with Crippen LogP contribution in [0.4, 0.5) is 16.0 Å². The van der Waals surface area contributed by atoms with Crippen molar-refractivity contribution in [3.05, 3.63) is 129 Å². The van der Waals surface area contributed by atoms with Gasteiger partial charge < -0.3 is 20.1 Å². The summed E-state index contributed by atoms with van der Waals surface area (Å²) in [5.41, 5.74) is 3.13. The van der Waals surface area contributed by atoms with E-state index >= 15 is 4.39 Å². The highest BCUT2D eigenvalue weighted by Crippen LogP contribution is 2.22. The first kappa shape index (κ1) is 29.6. The molecule has 43 heavy (non-hydrogen) atoms. The van der Waals surface area contributed by atoms with Gasteiger partial charge in [-0.25, -0.2) is 19.3 Å². The number of pyridine rings is 2. The fraction of sp³-hybridized carbons (Fsp3) is 0.156. The van der Waals surface area contributed by atoms with Crippen molar-refractivity contribution >= 4 is 46.1 Å². The summed E-state index contributed by atoms with van der Waals surface area (Å²) < 4.78 is 16.6. The number of anilines is 2. The first-order valence-electron chi connectivity index (χ1n) is 13.5. The maximum Gasteiger partial charge on any atom is 0.263 e. The van der Waals surface area contributed by atoms with Gasteiger partial charge in [0, 0.05) is 42.9 Å². The average Bonchev–Trinajstić information content (AvgIpc) is 2.99. The summed E-state index contributed by atoms with van der Waals surface area (Å²) in [5.74, 6) is -0.636. The lowest BCUT2D eigenvalue weighted by atomic mass is 10.1. The third kappa shape index (κ3) is 7.48. The molecule has 0 aliphatic rings. The molecule has 0 radical (unpaired) electrons. The van der Waals surface area contributed by atoms with Crippen molar-refractivity contribution in [1.29, 1.82) is 0 Å². The lowest BCUT2D eigenvalue weighted by molar-refractivity contribution is 0.0956. The molecular formula is C32H29ClFN7O2. The van der Waals surface area contributed by atoms with Crippen LogP contribution in [0.1, 0.15) is 27.0 Å². The number of carbonyl (C=O) groups excluding carboxylic acids is 1. The number of hydrogen-bond donors (Lipinski definition) is 2. The average molecular weight is 598 g/mol. The van der Waals surface area contributed by atoms with Gasteiger partial charge in [0.2, 0.25) is 5.95 Å². The molecule has 0 saturated carbocycles. The van der Waals surface area contributed by atoms with E-state index in [4.69, 9.17) is 11.6 Å². The molecule has 0 saturated heterocycles. The van der Waals surface area contributed by atoms with E-state index in [-0.39, 0.29) is 24.0 Å². The Kier molecular flexibility index (Phi) is 9.19. The van der Waals surface area contributed by atoms with Crippen LogP contribution in [0.2, 0.25) is 5.15 Å². The molecule has 218 valence electrons. The molecule has 0 aliphatic carbocycles. The van der Waals surface area contributed by atoms with Crippen LogP contribution in [0.5, 0.6) is 0 Å². The molecule has 0 fully saturated rings. The molecule has 9 nitrogen and oxygen atoms in total. The minimum atomic E-state index is -0.530. The highest BCUT2D eigenvalue weighted by atomic mass is 35.5. The molecule has 3 heterocycles. The van der Waals surface area contributed by atoms with Gasteiger partial charge in [-0.1, -0.05) is 42.0 Å². The van der Waals surface area contributed by atoms with Gasteiger partial charge in [0.25, 0.3) is 11.5 Å². The van der Waals surface area contributed by atoms with Crippen molar-refractivity contribution < 1.29 is 9.18 Å². The van der Waals surface area contributed by atoms with Crippen LogP contribution in [0, 0.1) is 5.82 Å². The highest BCUT2D eigenvalue weighted by Gasteiger charge is 2.12. The van der Waals surface area contributed by atoms with Crippen LogP contribution in [-0.2, 0) is 13.1 Å². The fourth-order valence-electron chi connectivity index (χ4n) is 4.43. The molecule has 3 aromatic heterocycles. The van der Waals surface area contributed by atoms with Gasteiger partial charge in [-0.3, -0.25) is 9.59 Å². The summed E-state index contributed by atoms with van der Waals surface area (Å²) in [6, 6.07) is 17.8. The number of nitrogens with zero attached hydrogens (tertiary/aromatic N) is 5. The summed E-state index contributed by atoms with van der Waals surface area (Å²) in [6.45, 7) is 1.18. The maximum absolute atomic E-state index is 15.2. The van der Waals surface area contributed by atoms with E-state index < -0.39 is 17.3 Å². The number of fused-ring (bicyclic) bond motifs is 1. The van der Waals surface area contributed by atoms with Gasteiger partial charge in [0.15, 0.2) is 0 Å². The summed E-state index contributed by atoms with van der Waals surface area (Å²) in [5, 5.41) is 6.47. The molecular weight excluding hydrogens is 569 g/mol. The summed E-state index contributed by atoms with van der Waals surface area (Å²) in [7, 11) is 4.03. The first-order chi connectivity index (χ1) is 20.8. The maximum atomic E-state index is 15.2. The smallest absolute Gasteiger partial charge is 0.263 e. The van der Waals surface area contributed by atoms with Gasteiger partial charge in [0.1, 0.15) is 16.5 Å². The van der Waals surface area contributed by atoms with E-state index in [9.17, 15) is 9.59 Å². The Bertz CT molecular complexity index is 1840. The second kappa shape index (κ2) is 13.4. The molecule has 5 rings (SSSR count). The minimum Gasteiger partial charge on any atom is -0.348 e. The van der Waals surface area contributed by atoms with Crippen molar-refractivity contribution in [1.82, 2.24) is 29.7 Å². The van der Waals surface area contributed by atoms with Gasteiger partial charge in [-0.2, -0.15) is 0 Å². The summed E-state index contributed by atoms with van der Waals surface area (Å²) in [6.07, 6.45) is 7.79. The lowest BCUT2D eigenvalue weighted by Crippen LogP contribution is -2.33. The Balaban J connectivity index is 1.21. The van der Waals surface area contributed by atoms with Gasteiger partial charge in [0.05, 0.1) is 17.4 Å². The molecule has 5 aromatic rings. The molecule has 0 bridgehead atoms. The van der Waals surface area contributed by atoms with Crippen LogP contribution in [0.15, 0.2) is 90.1 Å². The van der Waals surface area contributed by atoms with E-state index in [1.165, 1.54) is 22.4 Å². The zero-order valence-electron chi connectivity index (χ0n) is 23.6. The number of carbonyl (C=O) groups is 1. The number of nitrogens with one attached hydrogen (secondary N) is 2. The number of rotatable bonds is 10. The first-order valence-corrected chi connectivity index (χ1v) is 13.9. The fourth-order valence-corrected chi connectivity index (χ4v) is 4.54. The van der Waals surface area contributed by atoms with Crippen molar-refractivity contribution in [2.45, 2.75) is 13.1 Å². The molecule has 2 aromatic carbocycles. The SMILES string of the molecule is CN(C)Cc1ccc(Nc2ncc3c(F)c(/C=C/CNC(=O)c4cccn(Cc5ccc(Cl)nc5)c4=O)ccc3n2)cc1. The topological polar surface area (TPSA) is 105 Å². The van der Waals surface area contributed by atoms with Crippen LogP contribution in [0.3, 0.4) is 0 Å². The molecule has 2 N–H and O–H groups in total. The van der Waals surface area contributed by atoms with Crippen molar-refractivity contribution in [3.63, 3.8) is 0 Å². The quantitative estimate of drug-likeness (QED) is 0.211. The van der Waals surface area contributed by atoms with Crippen LogP contribution >= 0.6 is 11.6 Å². The molecule has 0 spiro atoms. The monoisotopic (exact) mass is 597 g/mol. The zero-order valence-corrected chi connectivity index (χ0v) is 24.3. The molecule has 0 atom stereocenters. The Hall–Kier alpha value is -4.93. The van der Waals surface area contributed by atoms with E-state index in [1.54, 1.807) is 54.9 Å². The largest absolute Gasteiger partial charge is 0.348 e. The van der Waals surface area contributed by atoms with E-state index in [2.05, 4.69) is 30.5 Å². The van der Waals surface area contributed by atoms with Crippen LogP contribution in [0.25, 0.3) is 17.0 Å². The second-order valence-corrected chi connectivity index (χ2v) is 10.5. The Labute approximate surface area is 252 Å². The lowest BCUT2D eigenvalue weighted by Gasteiger charge is -2.11. The summed E-state index contributed by atoms with van der Waals surface area (Å²) >= 11 is 5.82. The Morgan fingerprint density at radius 2 is 1.81 bits per heavy atom. The minimum absolute atomic E-state index is 0.000720. The van der Waals surface area contributed by atoms with Crippen molar-refractivity contribution in [2.75, 3.05) is 26.0 Å². The molecule has 0 unspecified atom stereocenters. The predicted octanol–water partition coefficient (Wildman–Crippen LogP) is 5.28. The normalized spacial score (nSPS) is 11.4. The number of benzene rings is 2. The molecule has 0 aliphatic heterocycles. The standard InChI is InChI=1S/C32H29ClFN7O2/c1-40(2)19-21-7-11-24(12-8-21)38-32-37-18-26-27(39-32)13-10-23(29(26)34)5-3-15-35-30(42)25-6-4-16-41(31(25)43)20-22-9-14-28(33)36-17-22/h3-14,16-18H,15,19-20H2,1-2H3,(H,35,42)(H,37,38,39)/b5-3+. The number of hydrogen-bond acceptors (Lipinski definition) is 7. The van der Waals surface area contributed by atoms with Gasteiger partial charge >= 0.3 is 0 Å². The third-order valence-electron chi connectivity index (χ3n) is 6.52. The number of amides is 1. The zero-order chi connectivity index (χ0) is 30.3. The van der Waals surface area contributed by atoms with Gasteiger partial charge in [-0.15, -0.1) is 0 Å². The van der Waals surface area contributed by atoms with E-state index in [0.717, 1.165) is 17.8 Å². The van der Waals surface area contributed by atoms with Crippen molar-refractivity contribution in [3.8, 4) is 0 Å². The van der Waals surface area contributed by atoms with E-state index in [1.807, 2.05) is 38.4 Å². The number of aromatic nitrogens is 4. The Morgan fingerprint density at radius 1 is 1.02 bits per heavy atom.